The summed E-state index contributed by atoms with van der Waals surface area (Å²) in [6.45, 7) is 8.91. The van der Waals surface area contributed by atoms with Crippen LogP contribution in [0, 0.1) is 5.41 Å². The van der Waals surface area contributed by atoms with Gasteiger partial charge in [0.05, 0.1) is 52.8 Å². The highest BCUT2D eigenvalue weighted by Crippen LogP contribution is 2.46. The summed E-state index contributed by atoms with van der Waals surface area (Å²) in [6.07, 6.45) is 15.2. The van der Waals surface area contributed by atoms with E-state index < -0.39 is 36.8 Å². The molecule has 11 rings (SSSR count). The molecule has 4 amide bonds. The van der Waals surface area contributed by atoms with Crippen LogP contribution in [0.4, 0.5) is 34.5 Å². The molecule has 378 valence electrons. The predicted octanol–water partition coefficient (Wildman–Crippen LogP) is 6.97. The van der Waals surface area contributed by atoms with Gasteiger partial charge in [-0.25, -0.2) is 4.98 Å². The number of anilines is 6. The van der Waals surface area contributed by atoms with Gasteiger partial charge in [-0.2, -0.15) is 10.1 Å². The Morgan fingerprint density at radius 3 is 2.34 bits per heavy atom. The third kappa shape index (κ3) is 9.27. The number of fused-ring (bicyclic) bond motifs is 2. The molecule has 73 heavy (non-hydrogen) atoms. The van der Waals surface area contributed by atoms with Crippen molar-refractivity contribution in [1.29, 1.82) is 0 Å². The van der Waals surface area contributed by atoms with Crippen LogP contribution in [0.5, 0.6) is 5.75 Å². The van der Waals surface area contributed by atoms with E-state index in [1.165, 1.54) is 6.20 Å². The number of carbonyl (C=O) groups excluding carboxylic acids is 4. The number of amides is 4. The summed E-state index contributed by atoms with van der Waals surface area (Å²) in [6, 6.07) is 12.7. The molecule has 0 bridgehead atoms. The molecule has 0 unspecified atom stereocenters. The number of hydrogen-bond donors (Lipinski definition) is 3. The van der Waals surface area contributed by atoms with E-state index in [1.807, 2.05) is 43.7 Å². The Bertz CT molecular complexity index is 3260. The largest absolute Gasteiger partial charge is 0.494 e. The summed E-state index contributed by atoms with van der Waals surface area (Å²) in [5, 5.41) is 14.3. The maximum Gasteiger partial charge on any atom is 0.262 e. The molecule has 3 aromatic carbocycles. The first-order chi connectivity index (χ1) is 35.1. The lowest BCUT2D eigenvalue weighted by atomic mass is 9.72. The van der Waals surface area contributed by atoms with Gasteiger partial charge in [-0.15, -0.1) is 0 Å². The van der Waals surface area contributed by atoms with Crippen LogP contribution in [0.3, 0.4) is 0 Å². The van der Waals surface area contributed by atoms with Crippen molar-refractivity contribution in [3.8, 4) is 16.9 Å². The van der Waals surface area contributed by atoms with E-state index in [1.54, 1.807) is 43.6 Å². The fraction of sp³-hybridized carbons (Fsp3) is 0.404. The molecule has 0 aliphatic carbocycles. The summed E-state index contributed by atoms with van der Waals surface area (Å²) in [5.74, 6) is -0.751. The minimum atomic E-state index is -2.85. The van der Waals surface area contributed by atoms with E-state index in [-0.39, 0.29) is 29.2 Å². The number of carbonyl (C=O) groups is 4. The molecule has 21 heteroatoms. The zero-order valence-electron chi connectivity index (χ0n) is 41.2. The van der Waals surface area contributed by atoms with Gasteiger partial charge in [-0.3, -0.25) is 44.0 Å². The molecule has 5 aliphatic heterocycles. The van der Waals surface area contributed by atoms with Crippen molar-refractivity contribution in [1.82, 2.24) is 44.8 Å². The van der Waals surface area contributed by atoms with Gasteiger partial charge < -0.3 is 34.6 Å². The van der Waals surface area contributed by atoms with Crippen LogP contribution in [0.25, 0.3) is 22.2 Å². The highest BCUT2D eigenvalue weighted by Gasteiger charge is 2.46. The van der Waals surface area contributed by atoms with Crippen molar-refractivity contribution in [2.75, 3.05) is 80.1 Å². The number of nitrogens with zero attached hydrogens (tertiary/aromatic N) is 10. The van der Waals surface area contributed by atoms with Crippen LogP contribution in [0.15, 0.2) is 73.4 Å². The second kappa shape index (κ2) is 19.1. The number of hydrogen-bond acceptors (Lipinski definition) is 16. The van der Waals surface area contributed by atoms with Crippen molar-refractivity contribution < 1.29 is 28.5 Å². The van der Waals surface area contributed by atoms with Crippen molar-refractivity contribution in [3.05, 3.63) is 89.6 Å². The standard InChI is InChI=1S/C52H57ClN13O6P/c1-62-29-31(27-57-62)35-25-40(59-51-56-28-37(53)47(61-51)58-39-9-8-38-45(55-18-17-54-38)46(39)73(3,4)71)43(72-2)26-42(35)64-20-12-32(13-21-64)63-22-15-52(16-23-63)14-5-19-65(30-52)33-6-7-34-36(24-33)50(70)66(49(34)69)41-10-11-44(67)60-48(41)68/h6-9,17-18,24-29,32,41H,5,10-16,19-23,30H2,1-4H3,(H,60,67,68)(H2,56,58,59,61)/t41-/m1/s1. The monoisotopic (exact) mass is 1030 g/mol. The highest BCUT2D eigenvalue weighted by molar-refractivity contribution is 7.71. The summed E-state index contributed by atoms with van der Waals surface area (Å²) >= 11 is 6.69. The van der Waals surface area contributed by atoms with Crippen LogP contribution >= 0.6 is 18.7 Å². The van der Waals surface area contributed by atoms with E-state index in [2.05, 4.69) is 62.8 Å². The minimum absolute atomic E-state index is 0.0856. The number of imide groups is 2. The fourth-order valence-electron chi connectivity index (χ4n) is 11.6. The fourth-order valence-corrected chi connectivity index (χ4v) is 13.2. The molecule has 5 aliphatic rings. The molecule has 0 saturated carbocycles. The number of ether oxygens (including phenoxy) is 1. The SMILES string of the molecule is COc1cc(N2CCC(N3CCC4(CCCN(c5ccc6c(c5)C(=O)N([C@@H]5CCC(=O)NC5=O)C6=O)C4)CC3)CC2)c(-c2cnn(C)c2)cc1Nc1ncc(Cl)c(Nc2ccc3nccnc3c2P(C)(C)=O)n1. The number of nitrogens with one attached hydrogen (secondary N) is 3. The first-order valence-electron chi connectivity index (χ1n) is 24.8. The molecule has 19 nitrogen and oxygen atoms in total. The Kier molecular flexibility index (Phi) is 12.7. The maximum atomic E-state index is 13.6. The van der Waals surface area contributed by atoms with Gasteiger partial charge in [0.15, 0.2) is 5.82 Å². The number of aromatic nitrogens is 6. The van der Waals surface area contributed by atoms with Gasteiger partial charge in [0, 0.05) is 92.8 Å². The van der Waals surface area contributed by atoms with Crippen molar-refractivity contribution >= 4 is 93.2 Å². The van der Waals surface area contributed by atoms with Crippen LogP contribution in [0.1, 0.15) is 72.1 Å². The van der Waals surface area contributed by atoms with Gasteiger partial charge in [-0.05, 0) is 113 Å². The van der Waals surface area contributed by atoms with Gasteiger partial charge in [-0.1, -0.05) is 11.6 Å². The topological polar surface area (TPSA) is 213 Å². The molecule has 1 atom stereocenters. The Hall–Kier alpha value is -6.95. The summed E-state index contributed by atoms with van der Waals surface area (Å²) in [4.78, 5) is 78.2. The number of halogens is 1. The summed E-state index contributed by atoms with van der Waals surface area (Å²) in [7, 11) is 0.709. The molecule has 4 fully saturated rings. The van der Waals surface area contributed by atoms with Gasteiger partial charge >= 0.3 is 0 Å². The molecule has 6 aromatic rings. The molecule has 4 saturated heterocycles. The lowest BCUT2D eigenvalue weighted by Crippen LogP contribution is -2.54. The van der Waals surface area contributed by atoms with Crippen LogP contribution in [-0.4, -0.2) is 135 Å². The molecular formula is C52H57ClN13O6P. The number of methoxy groups -OCH3 is 1. The smallest absolute Gasteiger partial charge is 0.262 e. The molecule has 3 aromatic heterocycles. The summed E-state index contributed by atoms with van der Waals surface area (Å²) < 4.78 is 21.5. The number of piperidine rings is 4. The quantitative estimate of drug-likeness (QED) is 0.0883. The normalized spacial score (nSPS) is 19.7. The first kappa shape index (κ1) is 48.3. The number of aryl methyl sites for hydroxylation is 1. The Morgan fingerprint density at radius 1 is 0.822 bits per heavy atom. The highest BCUT2D eigenvalue weighted by atomic mass is 35.5. The van der Waals surface area contributed by atoms with E-state index >= 15 is 0 Å². The Labute approximate surface area is 427 Å². The molecule has 0 radical (unpaired) electrons. The summed E-state index contributed by atoms with van der Waals surface area (Å²) in [5.41, 5.74) is 7.08. The third-order valence-electron chi connectivity index (χ3n) is 15.4. The number of rotatable bonds is 11. The molecule has 1 spiro atoms. The van der Waals surface area contributed by atoms with E-state index in [4.69, 9.17) is 21.3 Å². The van der Waals surface area contributed by atoms with Gasteiger partial charge in [0.1, 0.15) is 29.5 Å². The average molecular weight is 1030 g/mol. The molecule has 3 N–H and O–H groups in total. The second-order valence-corrected chi connectivity index (χ2v) is 23.9. The second-order valence-electron chi connectivity index (χ2n) is 20.3. The zero-order valence-corrected chi connectivity index (χ0v) is 42.9. The van der Waals surface area contributed by atoms with Crippen LogP contribution in [0.2, 0.25) is 5.02 Å². The van der Waals surface area contributed by atoms with Crippen molar-refractivity contribution in [3.63, 3.8) is 0 Å². The van der Waals surface area contributed by atoms with Gasteiger partial charge in [0.2, 0.25) is 17.8 Å². The zero-order chi connectivity index (χ0) is 50.8. The lowest BCUT2D eigenvalue weighted by molar-refractivity contribution is -0.136. The first-order valence-corrected chi connectivity index (χ1v) is 27.8. The van der Waals surface area contributed by atoms with Crippen LogP contribution < -0.4 is 35.8 Å². The number of likely N-dealkylation sites (tertiary alicyclic amines) is 1. The minimum Gasteiger partial charge on any atom is -0.494 e. The predicted molar refractivity (Wildman–Crippen MR) is 280 cm³/mol. The average Bonchev–Trinajstić information content (AvgIpc) is 3.93. The maximum absolute atomic E-state index is 13.6. The lowest BCUT2D eigenvalue weighted by Gasteiger charge is -2.50. The van der Waals surface area contributed by atoms with E-state index in [9.17, 15) is 23.7 Å². The molecular weight excluding hydrogens is 969 g/mol. The van der Waals surface area contributed by atoms with E-state index in [0.29, 0.717) is 56.4 Å². The molecule has 8 heterocycles. The Morgan fingerprint density at radius 2 is 1.60 bits per heavy atom. The van der Waals surface area contributed by atoms with Gasteiger partial charge in [0.25, 0.3) is 11.8 Å². The van der Waals surface area contributed by atoms with Crippen LogP contribution in [-0.2, 0) is 21.2 Å². The number of benzene rings is 3. The van der Waals surface area contributed by atoms with Crippen molar-refractivity contribution in [2.45, 2.75) is 63.5 Å². The third-order valence-corrected chi connectivity index (χ3v) is 17.2. The Balaban J connectivity index is 0.759. The van der Waals surface area contributed by atoms with E-state index in [0.717, 1.165) is 105 Å². The van der Waals surface area contributed by atoms with Crippen molar-refractivity contribution in [2.24, 2.45) is 12.5 Å².